The van der Waals surface area contributed by atoms with Crippen molar-refractivity contribution < 1.29 is 4.79 Å². The highest BCUT2D eigenvalue weighted by Gasteiger charge is 2.40. The standard InChI is InChI=1S/C20H28N4OS/c1-16-11-18(26-13-16)19(25)24-10-4-7-20(15-24)6-3-9-23(14-20)12-17-5-8-21-22(17)2/h5,8,11,13H,3-4,6-7,9-10,12,14-15H2,1-2H3. The molecule has 1 atom stereocenters. The van der Waals surface area contributed by atoms with Gasteiger partial charge in [-0.1, -0.05) is 0 Å². The number of aryl methyl sites for hydroxylation is 2. The SMILES string of the molecule is Cc1csc(C(=O)N2CCCC3(CCCN(Cc4ccnn4C)C3)C2)c1. The molecule has 5 nitrogen and oxygen atoms in total. The van der Waals surface area contributed by atoms with Crippen LogP contribution in [0.4, 0.5) is 0 Å². The summed E-state index contributed by atoms with van der Waals surface area (Å²) in [6.45, 7) is 7.05. The zero-order chi connectivity index (χ0) is 18.1. The van der Waals surface area contributed by atoms with Crippen molar-refractivity contribution in [3.8, 4) is 0 Å². The molecule has 0 N–H and O–H groups in total. The van der Waals surface area contributed by atoms with Crippen LogP contribution < -0.4 is 0 Å². The van der Waals surface area contributed by atoms with Gasteiger partial charge in [0.05, 0.1) is 10.6 Å². The van der Waals surface area contributed by atoms with Crippen LogP contribution in [-0.4, -0.2) is 51.7 Å². The van der Waals surface area contributed by atoms with Crippen LogP contribution in [0.1, 0.15) is 46.6 Å². The number of piperidine rings is 2. The zero-order valence-corrected chi connectivity index (χ0v) is 16.6. The van der Waals surface area contributed by atoms with Crippen molar-refractivity contribution in [3.05, 3.63) is 39.8 Å². The van der Waals surface area contributed by atoms with Crippen molar-refractivity contribution in [2.24, 2.45) is 12.5 Å². The van der Waals surface area contributed by atoms with Gasteiger partial charge >= 0.3 is 0 Å². The van der Waals surface area contributed by atoms with E-state index in [9.17, 15) is 4.79 Å². The van der Waals surface area contributed by atoms with Crippen LogP contribution in [0.25, 0.3) is 0 Å². The smallest absolute Gasteiger partial charge is 0.263 e. The molecular weight excluding hydrogens is 344 g/mol. The van der Waals surface area contributed by atoms with Gasteiger partial charge < -0.3 is 4.90 Å². The fourth-order valence-corrected chi connectivity index (χ4v) is 5.51. The van der Waals surface area contributed by atoms with E-state index in [2.05, 4.69) is 33.3 Å². The lowest BCUT2D eigenvalue weighted by molar-refractivity contribution is 0.0109. The third-order valence-electron chi connectivity index (χ3n) is 5.94. The third kappa shape index (κ3) is 3.58. The Morgan fingerprint density at radius 2 is 2.08 bits per heavy atom. The summed E-state index contributed by atoms with van der Waals surface area (Å²) in [5.74, 6) is 0.228. The molecule has 4 heterocycles. The molecule has 0 aliphatic carbocycles. The number of hydrogen-bond acceptors (Lipinski definition) is 4. The summed E-state index contributed by atoms with van der Waals surface area (Å²) in [6.07, 6.45) is 6.69. The van der Waals surface area contributed by atoms with Crippen molar-refractivity contribution in [1.29, 1.82) is 0 Å². The van der Waals surface area contributed by atoms with E-state index >= 15 is 0 Å². The van der Waals surface area contributed by atoms with Crippen LogP contribution in [0.2, 0.25) is 0 Å². The summed E-state index contributed by atoms with van der Waals surface area (Å²) in [7, 11) is 2.01. The first-order valence-electron chi connectivity index (χ1n) is 9.58. The summed E-state index contributed by atoms with van der Waals surface area (Å²) in [6, 6.07) is 4.14. The Kier molecular flexibility index (Phi) is 4.88. The van der Waals surface area contributed by atoms with Gasteiger partial charge in [-0.3, -0.25) is 14.4 Å². The highest BCUT2D eigenvalue weighted by Crippen LogP contribution is 2.39. The molecule has 2 aromatic rings. The fraction of sp³-hybridized carbons (Fsp3) is 0.600. The van der Waals surface area contributed by atoms with Gasteiger partial charge in [0, 0.05) is 44.8 Å². The largest absolute Gasteiger partial charge is 0.337 e. The maximum absolute atomic E-state index is 12.9. The number of aromatic nitrogens is 2. The van der Waals surface area contributed by atoms with Gasteiger partial charge in [0.2, 0.25) is 0 Å². The van der Waals surface area contributed by atoms with Gasteiger partial charge in [0.15, 0.2) is 0 Å². The zero-order valence-electron chi connectivity index (χ0n) is 15.8. The van der Waals surface area contributed by atoms with Crippen LogP contribution in [0, 0.1) is 12.3 Å². The van der Waals surface area contributed by atoms with Gasteiger partial charge in [0.1, 0.15) is 0 Å². The Balaban J connectivity index is 1.45. The molecule has 2 fully saturated rings. The maximum Gasteiger partial charge on any atom is 0.263 e. The summed E-state index contributed by atoms with van der Waals surface area (Å²) in [5.41, 5.74) is 2.71. The van der Waals surface area contributed by atoms with Gasteiger partial charge in [-0.25, -0.2) is 0 Å². The minimum atomic E-state index is 0.228. The molecule has 140 valence electrons. The number of hydrogen-bond donors (Lipinski definition) is 0. The van der Waals surface area contributed by atoms with Gasteiger partial charge in [-0.2, -0.15) is 5.10 Å². The van der Waals surface area contributed by atoms with Crippen LogP contribution in [0.15, 0.2) is 23.7 Å². The highest BCUT2D eigenvalue weighted by molar-refractivity contribution is 7.12. The number of amides is 1. The molecule has 2 aliphatic heterocycles. The molecular formula is C20H28N4OS. The number of carbonyl (C=O) groups excluding carboxylic acids is 1. The first-order chi connectivity index (χ1) is 12.5. The Hall–Kier alpha value is -1.66. The monoisotopic (exact) mass is 372 g/mol. The molecule has 1 amide bonds. The second-order valence-corrected chi connectivity index (χ2v) is 8.99. The first kappa shape index (κ1) is 17.7. The van der Waals surface area contributed by atoms with Crippen LogP contribution in [0.3, 0.4) is 0 Å². The molecule has 0 aromatic carbocycles. The number of rotatable bonds is 3. The average molecular weight is 373 g/mol. The van der Waals surface area contributed by atoms with Crippen LogP contribution in [-0.2, 0) is 13.6 Å². The molecule has 6 heteroatoms. The first-order valence-corrected chi connectivity index (χ1v) is 10.5. The fourth-order valence-electron chi connectivity index (χ4n) is 4.64. The van der Waals surface area contributed by atoms with Gasteiger partial charge in [-0.05, 0) is 62.2 Å². The predicted molar refractivity (Wildman–Crippen MR) is 104 cm³/mol. The molecule has 0 saturated carbocycles. The summed E-state index contributed by atoms with van der Waals surface area (Å²) >= 11 is 1.58. The minimum absolute atomic E-state index is 0.228. The second kappa shape index (κ2) is 7.16. The molecule has 2 aliphatic rings. The summed E-state index contributed by atoms with van der Waals surface area (Å²) in [4.78, 5) is 18.5. The molecule has 26 heavy (non-hydrogen) atoms. The maximum atomic E-state index is 12.9. The normalized spacial score (nSPS) is 24.3. The summed E-state index contributed by atoms with van der Waals surface area (Å²) < 4.78 is 1.97. The van der Waals surface area contributed by atoms with E-state index in [4.69, 9.17) is 0 Å². The van der Waals surface area contributed by atoms with E-state index in [1.807, 2.05) is 24.0 Å². The Morgan fingerprint density at radius 1 is 1.27 bits per heavy atom. The average Bonchev–Trinajstić information content (AvgIpc) is 3.23. The van der Waals surface area contributed by atoms with E-state index in [0.717, 1.165) is 44.0 Å². The number of carbonyl (C=O) groups is 1. The quantitative estimate of drug-likeness (QED) is 0.830. The molecule has 2 aromatic heterocycles. The highest BCUT2D eigenvalue weighted by atomic mass is 32.1. The van der Waals surface area contributed by atoms with E-state index in [1.54, 1.807) is 11.3 Å². The van der Waals surface area contributed by atoms with E-state index in [1.165, 1.54) is 30.5 Å². The molecule has 4 rings (SSSR count). The molecule has 0 bridgehead atoms. The lowest BCUT2D eigenvalue weighted by Crippen LogP contribution is -2.53. The molecule has 1 unspecified atom stereocenters. The number of likely N-dealkylation sites (tertiary alicyclic amines) is 2. The second-order valence-electron chi connectivity index (χ2n) is 8.08. The van der Waals surface area contributed by atoms with Crippen molar-refractivity contribution in [1.82, 2.24) is 19.6 Å². The minimum Gasteiger partial charge on any atom is -0.337 e. The Labute approximate surface area is 159 Å². The van der Waals surface area contributed by atoms with Gasteiger partial charge in [0.25, 0.3) is 5.91 Å². The van der Waals surface area contributed by atoms with Crippen molar-refractivity contribution in [2.45, 2.75) is 39.2 Å². The third-order valence-corrected chi connectivity index (χ3v) is 6.97. The Morgan fingerprint density at radius 3 is 2.77 bits per heavy atom. The number of thiophene rings is 1. The lowest BCUT2D eigenvalue weighted by Gasteiger charge is -2.48. The van der Waals surface area contributed by atoms with E-state index < -0.39 is 0 Å². The van der Waals surface area contributed by atoms with Crippen molar-refractivity contribution in [2.75, 3.05) is 26.2 Å². The summed E-state index contributed by atoms with van der Waals surface area (Å²) in [5, 5.41) is 6.37. The lowest BCUT2D eigenvalue weighted by atomic mass is 9.73. The predicted octanol–water partition coefficient (Wildman–Crippen LogP) is 3.31. The van der Waals surface area contributed by atoms with Crippen molar-refractivity contribution >= 4 is 17.2 Å². The van der Waals surface area contributed by atoms with E-state index in [-0.39, 0.29) is 11.3 Å². The van der Waals surface area contributed by atoms with Gasteiger partial charge in [-0.15, -0.1) is 11.3 Å². The Bertz CT molecular complexity index is 778. The topological polar surface area (TPSA) is 41.4 Å². The van der Waals surface area contributed by atoms with E-state index in [0.29, 0.717) is 0 Å². The van der Waals surface area contributed by atoms with Crippen molar-refractivity contribution in [3.63, 3.8) is 0 Å². The van der Waals surface area contributed by atoms with Crippen LogP contribution in [0.5, 0.6) is 0 Å². The van der Waals surface area contributed by atoms with Crippen LogP contribution >= 0.6 is 11.3 Å². The molecule has 0 radical (unpaired) electrons. The molecule has 1 spiro atoms. The molecule has 2 saturated heterocycles. The number of nitrogens with zero attached hydrogens (tertiary/aromatic N) is 4.